The summed E-state index contributed by atoms with van der Waals surface area (Å²) in [7, 11) is -3.81. The van der Waals surface area contributed by atoms with Crippen molar-refractivity contribution in [3.63, 3.8) is 0 Å². The fourth-order valence-corrected chi connectivity index (χ4v) is 4.77. The highest BCUT2D eigenvalue weighted by atomic mass is 35.5. The number of rotatable bonds is 10. The van der Waals surface area contributed by atoms with Crippen LogP contribution in [-0.4, -0.2) is 50.5 Å². The van der Waals surface area contributed by atoms with Gasteiger partial charge in [-0.15, -0.1) is 0 Å². The third kappa shape index (κ3) is 6.74. The third-order valence-corrected chi connectivity index (χ3v) is 7.08. The first-order valence-corrected chi connectivity index (χ1v) is 13.6. The number of nitrogens with one attached hydrogen (secondary N) is 1. The van der Waals surface area contributed by atoms with E-state index in [2.05, 4.69) is 5.32 Å². The third-order valence-electron chi connectivity index (χ3n) is 5.70. The maximum absolute atomic E-state index is 13.6. The lowest BCUT2D eigenvalue weighted by atomic mass is 10.1. The Bertz CT molecular complexity index is 1290. The number of amides is 2. The van der Waals surface area contributed by atoms with Crippen molar-refractivity contribution < 1.29 is 18.0 Å². The molecule has 3 rings (SSSR count). The molecule has 7 nitrogen and oxygen atoms in total. The fourth-order valence-electron chi connectivity index (χ4n) is 3.79. The van der Waals surface area contributed by atoms with Crippen molar-refractivity contribution in [2.45, 2.75) is 32.9 Å². The van der Waals surface area contributed by atoms with Crippen LogP contribution in [0.5, 0.6) is 0 Å². The number of anilines is 1. The molecule has 0 unspecified atom stereocenters. The Kier molecular flexibility index (Phi) is 8.75. The fraction of sp³-hybridized carbons (Fsp3) is 0.308. The van der Waals surface area contributed by atoms with Gasteiger partial charge in [0.15, 0.2) is 0 Å². The van der Waals surface area contributed by atoms with Crippen molar-refractivity contribution in [3.05, 3.63) is 77.3 Å². The van der Waals surface area contributed by atoms with Gasteiger partial charge >= 0.3 is 0 Å². The van der Waals surface area contributed by atoms with Crippen LogP contribution in [0.2, 0.25) is 5.02 Å². The zero-order valence-corrected chi connectivity index (χ0v) is 21.6. The summed E-state index contributed by atoms with van der Waals surface area (Å²) < 4.78 is 26.8. The molecular formula is C26H30ClN3O4S. The maximum Gasteiger partial charge on any atom is 0.244 e. The number of sulfonamides is 1. The quantitative estimate of drug-likeness (QED) is 0.438. The summed E-state index contributed by atoms with van der Waals surface area (Å²) in [5, 5.41) is 4.94. The summed E-state index contributed by atoms with van der Waals surface area (Å²) in [4.78, 5) is 27.8. The minimum absolute atomic E-state index is 0.129. The molecule has 0 aromatic heterocycles. The van der Waals surface area contributed by atoms with E-state index in [1.807, 2.05) is 37.3 Å². The largest absolute Gasteiger partial charge is 0.354 e. The molecule has 9 heteroatoms. The summed E-state index contributed by atoms with van der Waals surface area (Å²) in [5.41, 5.74) is 1.18. The molecule has 0 aliphatic rings. The first-order chi connectivity index (χ1) is 16.6. The molecule has 0 spiro atoms. The summed E-state index contributed by atoms with van der Waals surface area (Å²) >= 11 is 6.00. The summed E-state index contributed by atoms with van der Waals surface area (Å²) in [6.45, 7) is 3.75. The second kappa shape index (κ2) is 11.6. The molecule has 3 aromatic carbocycles. The topological polar surface area (TPSA) is 86.8 Å². The van der Waals surface area contributed by atoms with Gasteiger partial charge in [0.25, 0.3) is 0 Å². The molecule has 35 heavy (non-hydrogen) atoms. The molecule has 2 amide bonds. The lowest BCUT2D eigenvalue weighted by Gasteiger charge is -2.31. The number of carbonyl (C=O) groups excluding carboxylic acids is 2. The lowest BCUT2D eigenvalue weighted by Crippen LogP contribution is -2.51. The summed E-state index contributed by atoms with van der Waals surface area (Å²) in [6.07, 6.45) is 1.83. The number of hydrogen-bond donors (Lipinski definition) is 1. The average Bonchev–Trinajstić information content (AvgIpc) is 2.84. The van der Waals surface area contributed by atoms with Crippen LogP contribution in [-0.2, 0) is 26.2 Å². The normalized spacial score (nSPS) is 12.2. The second-order valence-electron chi connectivity index (χ2n) is 8.38. The first-order valence-electron chi connectivity index (χ1n) is 11.4. The first kappa shape index (κ1) is 26.5. The van der Waals surface area contributed by atoms with Crippen molar-refractivity contribution in [1.82, 2.24) is 10.2 Å². The molecule has 186 valence electrons. The minimum atomic E-state index is -3.81. The van der Waals surface area contributed by atoms with Gasteiger partial charge < -0.3 is 10.2 Å². The van der Waals surface area contributed by atoms with Crippen molar-refractivity contribution >= 4 is 49.9 Å². The number of nitrogens with zero attached hydrogens (tertiary/aromatic N) is 2. The molecule has 0 aliphatic heterocycles. The van der Waals surface area contributed by atoms with Gasteiger partial charge in [0.1, 0.15) is 12.6 Å². The van der Waals surface area contributed by atoms with E-state index in [0.29, 0.717) is 22.6 Å². The Labute approximate surface area is 211 Å². The van der Waals surface area contributed by atoms with E-state index in [4.69, 9.17) is 11.6 Å². The molecule has 1 atom stereocenters. The van der Waals surface area contributed by atoms with Crippen molar-refractivity contribution in [1.29, 1.82) is 0 Å². The molecule has 0 saturated carbocycles. The number of carbonyl (C=O) groups is 2. The predicted octanol–water partition coefficient (Wildman–Crippen LogP) is 4.20. The highest BCUT2D eigenvalue weighted by molar-refractivity contribution is 7.92. The Hall–Kier alpha value is -3.10. The van der Waals surface area contributed by atoms with Crippen LogP contribution < -0.4 is 9.62 Å². The molecule has 0 saturated heterocycles. The maximum atomic E-state index is 13.6. The van der Waals surface area contributed by atoms with Crippen LogP contribution >= 0.6 is 11.6 Å². The Morgan fingerprint density at radius 2 is 1.66 bits per heavy atom. The van der Waals surface area contributed by atoms with E-state index in [0.717, 1.165) is 27.9 Å². The second-order valence-corrected chi connectivity index (χ2v) is 10.7. The lowest BCUT2D eigenvalue weighted by molar-refractivity contribution is -0.139. The van der Waals surface area contributed by atoms with Crippen molar-refractivity contribution in [2.24, 2.45) is 0 Å². The monoisotopic (exact) mass is 515 g/mol. The smallest absolute Gasteiger partial charge is 0.244 e. The average molecular weight is 516 g/mol. The Morgan fingerprint density at radius 3 is 2.31 bits per heavy atom. The number of hydrogen-bond acceptors (Lipinski definition) is 4. The van der Waals surface area contributed by atoms with Crippen LogP contribution in [0, 0.1) is 0 Å². The van der Waals surface area contributed by atoms with Gasteiger partial charge in [-0.3, -0.25) is 13.9 Å². The van der Waals surface area contributed by atoms with Gasteiger partial charge in [-0.05, 0) is 42.5 Å². The van der Waals surface area contributed by atoms with Crippen molar-refractivity contribution in [3.8, 4) is 0 Å². The number of benzene rings is 3. The molecular weight excluding hydrogens is 486 g/mol. The summed E-state index contributed by atoms with van der Waals surface area (Å²) in [6, 6.07) is 18.9. The molecule has 0 bridgehead atoms. The molecule has 0 aliphatic carbocycles. The highest BCUT2D eigenvalue weighted by Crippen LogP contribution is 2.28. The van der Waals surface area contributed by atoms with E-state index in [1.165, 1.54) is 4.90 Å². The van der Waals surface area contributed by atoms with Gasteiger partial charge in [0.2, 0.25) is 21.8 Å². The minimum Gasteiger partial charge on any atom is -0.354 e. The van der Waals surface area contributed by atoms with Crippen molar-refractivity contribution in [2.75, 3.05) is 23.7 Å². The zero-order chi connectivity index (χ0) is 25.6. The van der Waals surface area contributed by atoms with Crippen LogP contribution in [0.15, 0.2) is 66.7 Å². The van der Waals surface area contributed by atoms with Gasteiger partial charge in [-0.25, -0.2) is 8.42 Å². The predicted molar refractivity (Wildman–Crippen MR) is 141 cm³/mol. The van der Waals surface area contributed by atoms with Crippen LogP contribution in [0.1, 0.15) is 25.8 Å². The van der Waals surface area contributed by atoms with Gasteiger partial charge in [-0.1, -0.05) is 67.1 Å². The SMILES string of the molecule is CCCNC(=O)[C@H](C)N(Cc1ccc(Cl)cc1)C(=O)CN(c1cccc2ccccc12)S(C)(=O)=O. The van der Waals surface area contributed by atoms with Gasteiger partial charge in [-0.2, -0.15) is 0 Å². The molecule has 1 N–H and O–H groups in total. The van der Waals surface area contributed by atoms with E-state index in [9.17, 15) is 18.0 Å². The van der Waals surface area contributed by atoms with E-state index >= 15 is 0 Å². The van der Waals surface area contributed by atoms with Crippen LogP contribution in [0.4, 0.5) is 5.69 Å². The van der Waals surface area contributed by atoms with E-state index in [1.54, 1.807) is 43.3 Å². The Balaban J connectivity index is 1.97. The number of fused-ring (bicyclic) bond motifs is 1. The number of halogens is 1. The van der Waals surface area contributed by atoms with E-state index in [-0.39, 0.29) is 12.5 Å². The molecule has 0 heterocycles. The highest BCUT2D eigenvalue weighted by Gasteiger charge is 2.30. The molecule has 3 aromatic rings. The van der Waals surface area contributed by atoms with Gasteiger partial charge in [0, 0.05) is 23.5 Å². The van der Waals surface area contributed by atoms with Gasteiger partial charge in [0.05, 0.1) is 11.9 Å². The molecule has 0 fully saturated rings. The summed E-state index contributed by atoms with van der Waals surface area (Å²) in [5.74, 6) is -0.789. The Morgan fingerprint density at radius 1 is 1.00 bits per heavy atom. The van der Waals surface area contributed by atoms with Crippen LogP contribution in [0.3, 0.4) is 0 Å². The van der Waals surface area contributed by atoms with E-state index < -0.39 is 28.5 Å². The van der Waals surface area contributed by atoms with Crippen LogP contribution in [0.25, 0.3) is 10.8 Å². The molecule has 0 radical (unpaired) electrons. The zero-order valence-electron chi connectivity index (χ0n) is 20.1. The standard InChI is InChI=1S/C26H30ClN3O4S/c1-4-16-28-26(32)19(2)29(17-20-12-14-22(27)15-13-20)25(31)18-30(35(3,33)34)24-11-7-9-21-8-5-6-10-23(21)24/h5-15,19H,4,16-18H2,1-3H3,(H,28,32)/t19-/m0/s1.